The molecule has 0 aromatic carbocycles. The van der Waals surface area contributed by atoms with E-state index in [-0.39, 0.29) is 11.4 Å². The second kappa shape index (κ2) is 5.65. The van der Waals surface area contributed by atoms with E-state index in [0.29, 0.717) is 16.9 Å². The average molecular weight is 309 g/mol. The summed E-state index contributed by atoms with van der Waals surface area (Å²) in [5.74, 6) is 1.10. The fraction of sp³-hybridized carbons (Fsp3) is 0.733. The van der Waals surface area contributed by atoms with Gasteiger partial charge in [0.2, 0.25) is 0 Å². The van der Waals surface area contributed by atoms with Gasteiger partial charge >= 0.3 is 0 Å². The molecule has 0 radical (unpaired) electrons. The third-order valence-electron chi connectivity index (χ3n) is 4.11. The average Bonchev–Trinajstić information content (AvgIpc) is 2.96. The lowest BCUT2D eigenvalue weighted by Crippen LogP contribution is -2.54. The van der Waals surface area contributed by atoms with Crippen molar-refractivity contribution >= 4 is 17.7 Å². The summed E-state index contributed by atoms with van der Waals surface area (Å²) in [4.78, 5) is 14.9. The molecule has 0 saturated carbocycles. The van der Waals surface area contributed by atoms with E-state index in [1.807, 2.05) is 27.5 Å². The second-order valence-electron chi connectivity index (χ2n) is 6.68. The van der Waals surface area contributed by atoms with E-state index >= 15 is 0 Å². The summed E-state index contributed by atoms with van der Waals surface area (Å²) in [7, 11) is 0. The van der Waals surface area contributed by atoms with Gasteiger partial charge in [0, 0.05) is 36.4 Å². The molecule has 5 nitrogen and oxygen atoms in total. The molecule has 6 heteroatoms. The van der Waals surface area contributed by atoms with Crippen LogP contribution in [0.4, 0.5) is 0 Å². The minimum absolute atomic E-state index is 0.0997. The van der Waals surface area contributed by atoms with Gasteiger partial charge in [0.15, 0.2) is 0 Å². The van der Waals surface area contributed by atoms with Crippen molar-refractivity contribution in [2.24, 2.45) is 0 Å². The molecule has 21 heavy (non-hydrogen) atoms. The molecule has 0 bridgehead atoms. The number of aromatic nitrogens is 2. The van der Waals surface area contributed by atoms with Gasteiger partial charge in [-0.1, -0.05) is 0 Å². The van der Waals surface area contributed by atoms with Crippen LogP contribution in [0.5, 0.6) is 0 Å². The zero-order chi connectivity index (χ0) is 15.0. The van der Waals surface area contributed by atoms with E-state index in [1.165, 1.54) is 0 Å². The maximum absolute atomic E-state index is 12.8. The van der Waals surface area contributed by atoms with E-state index in [1.54, 1.807) is 6.20 Å². The largest absolute Gasteiger partial charge is 0.380 e. The summed E-state index contributed by atoms with van der Waals surface area (Å²) in [6.07, 6.45) is 4.51. The van der Waals surface area contributed by atoms with Crippen LogP contribution in [0.3, 0.4) is 0 Å². The summed E-state index contributed by atoms with van der Waals surface area (Å²) >= 11 is 1.93. The first-order valence-corrected chi connectivity index (χ1v) is 8.57. The van der Waals surface area contributed by atoms with Gasteiger partial charge in [-0.3, -0.25) is 9.48 Å². The second-order valence-corrected chi connectivity index (χ2v) is 8.03. The molecule has 1 aromatic heterocycles. The molecular formula is C15H23N3O2S. The van der Waals surface area contributed by atoms with Crippen LogP contribution in [0.15, 0.2) is 12.4 Å². The smallest absolute Gasteiger partial charge is 0.257 e. The number of amides is 1. The van der Waals surface area contributed by atoms with Crippen molar-refractivity contribution in [2.75, 3.05) is 25.5 Å². The Balaban J connectivity index is 1.79. The molecule has 2 aliphatic rings. The Labute approximate surface area is 130 Å². The highest BCUT2D eigenvalue weighted by molar-refractivity contribution is 8.00. The third kappa shape index (κ3) is 2.97. The zero-order valence-electron chi connectivity index (χ0n) is 12.9. The monoisotopic (exact) mass is 309 g/mol. The predicted molar refractivity (Wildman–Crippen MR) is 83.7 cm³/mol. The van der Waals surface area contributed by atoms with Gasteiger partial charge in [-0.25, -0.2) is 0 Å². The van der Waals surface area contributed by atoms with E-state index < -0.39 is 0 Å². The van der Waals surface area contributed by atoms with Crippen LogP contribution in [0, 0.1) is 0 Å². The van der Waals surface area contributed by atoms with Crippen LogP contribution in [0.25, 0.3) is 0 Å². The molecule has 0 aliphatic carbocycles. The number of carbonyl (C=O) groups is 1. The first-order chi connectivity index (χ1) is 9.97. The number of ether oxygens (including phenoxy) is 1. The molecule has 0 N–H and O–H groups in total. The van der Waals surface area contributed by atoms with Crippen LogP contribution in [0.2, 0.25) is 0 Å². The number of nitrogens with zero attached hydrogens (tertiary/aromatic N) is 3. The summed E-state index contributed by atoms with van der Waals surface area (Å²) in [5, 5.41) is 4.77. The Kier molecular flexibility index (Phi) is 4.01. The van der Waals surface area contributed by atoms with Crippen LogP contribution < -0.4 is 0 Å². The SMILES string of the molecule is CC(C)(C)n1cc(C(=O)N2CCS[C@H]3COCC[C@@H]32)cn1. The highest BCUT2D eigenvalue weighted by atomic mass is 32.2. The molecule has 116 valence electrons. The Hall–Kier alpha value is -1.01. The van der Waals surface area contributed by atoms with E-state index in [0.717, 1.165) is 31.9 Å². The first kappa shape index (κ1) is 14.9. The molecule has 2 aliphatic heterocycles. The van der Waals surface area contributed by atoms with E-state index in [2.05, 4.69) is 25.9 Å². The van der Waals surface area contributed by atoms with Crippen molar-refractivity contribution in [3.8, 4) is 0 Å². The normalized spacial score (nSPS) is 26.5. The van der Waals surface area contributed by atoms with Crippen molar-refractivity contribution in [1.29, 1.82) is 0 Å². The Bertz CT molecular complexity index is 521. The minimum Gasteiger partial charge on any atom is -0.380 e. The Morgan fingerprint density at radius 2 is 2.29 bits per heavy atom. The summed E-state index contributed by atoms with van der Waals surface area (Å²) in [6, 6.07) is 0.308. The molecule has 1 amide bonds. The highest BCUT2D eigenvalue weighted by Crippen LogP contribution is 2.31. The standard InChI is InChI=1S/C15H23N3O2S/c1-15(2,3)18-9-11(8-16-18)14(19)17-5-7-21-13-10-20-6-4-12(13)17/h8-9,12-13H,4-7,10H2,1-3H3/t12-,13-/m0/s1. The van der Waals surface area contributed by atoms with Crippen molar-refractivity contribution in [3.63, 3.8) is 0 Å². The molecule has 3 rings (SSSR count). The van der Waals surface area contributed by atoms with Gasteiger partial charge < -0.3 is 9.64 Å². The van der Waals surface area contributed by atoms with Crippen molar-refractivity contribution in [2.45, 2.75) is 44.0 Å². The summed E-state index contributed by atoms with van der Waals surface area (Å²) in [6.45, 7) is 8.60. The van der Waals surface area contributed by atoms with E-state index in [9.17, 15) is 4.79 Å². The molecule has 0 unspecified atom stereocenters. The van der Waals surface area contributed by atoms with Gasteiger partial charge in [0.25, 0.3) is 5.91 Å². The first-order valence-electron chi connectivity index (χ1n) is 7.52. The summed E-state index contributed by atoms with van der Waals surface area (Å²) < 4.78 is 7.41. The molecule has 2 atom stereocenters. The van der Waals surface area contributed by atoms with Gasteiger partial charge in [-0.15, -0.1) is 0 Å². The van der Waals surface area contributed by atoms with Gasteiger partial charge in [-0.2, -0.15) is 16.9 Å². The van der Waals surface area contributed by atoms with Crippen LogP contribution in [0.1, 0.15) is 37.6 Å². The third-order valence-corrected chi connectivity index (χ3v) is 5.41. The Morgan fingerprint density at radius 3 is 3.00 bits per heavy atom. The summed E-state index contributed by atoms with van der Waals surface area (Å²) in [5.41, 5.74) is 0.597. The topological polar surface area (TPSA) is 47.4 Å². The van der Waals surface area contributed by atoms with Gasteiger partial charge in [0.1, 0.15) is 0 Å². The lowest BCUT2D eigenvalue weighted by molar-refractivity contribution is 0.0319. The molecule has 2 fully saturated rings. The predicted octanol–water partition coefficient (Wildman–Crippen LogP) is 1.98. The zero-order valence-corrected chi connectivity index (χ0v) is 13.7. The number of hydrogen-bond donors (Lipinski definition) is 0. The number of carbonyl (C=O) groups excluding carboxylic acids is 1. The minimum atomic E-state index is -0.0997. The molecule has 3 heterocycles. The number of fused-ring (bicyclic) bond motifs is 1. The fourth-order valence-electron chi connectivity index (χ4n) is 2.90. The molecular weight excluding hydrogens is 286 g/mol. The quantitative estimate of drug-likeness (QED) is 0.796. The van der Waals surface area contributed by atoms with Gasteiger partial charge in [-0.05, 0) is 27.2 Å². The lowest BCUT2D eigenvalue weighted by Gasteiger charge is -2.43. The van der Waals surface area contributed by atoms with Crippen molar-refractivity contribution in [1.82, 2.24) is 14.7 Å². The maximum Gasteiger partial charge on any atom is 0.257 e. The highest BCUT2D eigenvalue weighted by Gasteiger charge is 2.37. The van der Waals surface area contributed by atoms with Crippen LogP contribution >= 0.6 is 11.8 Å². The number of hydrogen-bond acceptors (Lipinski definition) is 4. The maximum atomic E-state index is 12.8. The van der Waals surface area contributed by atoms with Crippen molar-refractivity contribution < 1.29 is 9.53 Å². The molecule has 2 saturated heterocycles. The number of rotatable bonds is 1. The van der Waals surface area contributed by atoms with E-state index in [4.69, 9.17) is 4.74 Å². The van der Waals surface area contributed by atoms with Crippen LogP contribution in [-0.4, -0.2) is 57.4 Å². The molecule has 1 aromatic rings. The Morgan fingerprint density at radius 1 is 1.48 bits per heavy atom. The van der Waals surface area contributed by atoms with Gasteiger partial charge in [0.05, 0.1) is 23.9 Å². The fourth-order valence-corrected chi connectivity index (χ4v) is 4.21. The van der Waals surface area contributed by atoms with Crippen molar-refractivity contribution in [3.05, 3.63) is 18.0 Å². The molecule has 0 spiro atoms. The lowest BCUT2D eigenvalue weighted by atomic mass is 10.1. The number of thioether (sulfide) groups is 1. The van der Waals surface area contributed by atoms with Crippen LogP contribution in [-0.2, 0) is 10.3 Å².